The molecule has 0 aliphatic carbocycles. The Labute approximate surface area is 379 Å². The van der Waals surface area contributed by atoms with Gasteiger partial charge in [-0.1, -0.05) is 194 Å². The number of rotatable bonds is 6. The lowest BCUT2D eigenvalue weighted by Gasteiger charge is -2.30. The summed E-state index contributed by atoms with van der Waals surface area (Å²) in [5.41, 5.74) is 17.5. The highest BCUT2D eigenvalue weighted by Gasteiger charge is 2.28. The van der Waals surface area contributed by atoms with Crippen LogP contribution in [0.2, 0.25) is 5.02 Å². The molecule has 0 amide bonds. The zero-order valence-corrected chi connectivity index (χ0v) is 41.2. The van der Waals surface area contributed by atoms with E-state index in [9.17, 15) is 0 Å². The first-order valence-electron chi connectivity index (χ1n) is 22.5. The van der Waals surface area contributed by atoms with Crippen LogP contribution in [0.4, 0.5) is 17.1 Å². The summed E-state index contributed by atoms with van der Waals surface area (Å²) in [6.45, 7) is 36.4. The molecule has 1 aromatic heterocycles. The van der Waals surface area contributed by atoms with E-state index in [1.54, 1.807) is 0 Å². The van der Waals surface area contributed by atoms with Crippen molar-refractivity contribution in [2.75, 3.05) is 4.90 Å². The highest BCUT2D eigenvalue weighted by atomic mass is 35.5. The smallest absolute Gasteiger partial charge is 0.0887 e. The van der Waals surface area contributed by atoms with Crippen molar-refractivity contribution in [3.05, 3.63) is 166 Å². The molecule has 0 aliphatic heterocycles. The first-order chi connectivity index (χ1) is 28.7. The van der Waals surface area contributed by atoms with Gasteiger partial charge in [-0.25, -0.2) is 0 Å². The molecular formula is C59H69ClN2. The monoisotopic (exact) mass is 841 g/mol. The topological polar surface area (TPSA) is 8.17 Å². The lowest BCUT2D eigenvalue weighted by molar-refractivity contribution is 0.590. The molecule has 0 bridgehead atoms. The molecule has 0 unspecified atom stereocenters. The van der Waals surface area contributed by atoms with Gasteiger partial charge in [0.15, 0.2) is 0 Å². The Morgan fingerprint density at radius 3 is 1.19 bits per heavy atom. The zero-order chi connectivity index (χ0) is 45.3. The molecule has 0 spiro atoms. The van der Waals surface area contributed by atoms with E-state index in [4.69, 9.17) is 11.6 Å². The molecular weight excluding hydrogens is 772 g/mol. The van der Waals surface area contributed by atoms with Gasteiger partial charge in [0.2, 0.25) is 0 Å². The van der Waals surface area contributed by atoms with Crippen LogP contribution in [0.3, 0.4) is 0 Å². The van der Waals surface area contributed by atoms with E-state index in [1.807, 2.05) is 0 Å². The first-order valence-corrected chi connectivity index (χ1v) is 22.8. The third-order valence-corrected chi connectivity index (χ3v) is 12.9. The Hall–Kier alpha value is -5.05. The first kappa shape index (κ1) is 45.0. The van der Waals surface area contributed by atoms with Crippen LogP contribution in [0.1, 0.15) is 137 Å². The molecule has 0 atom stereocenters. The minimum atomic E-state index is -0.0437. The summed E-state index contributed by atoms with van der Waals surface area (Å²) in [6.07, 6.45) is 0. The Balaban J connectivity index is 1.58. The highest BCUT2D eigenvalue weighted by Crippen LogP contribution is 2.49. The number of aromatic nitrogens is 1. The van der Waals surface area contributed by atoms with E-state index in [-0.39, 0.29) is 27.1 Å². The maximum atomic E-state index is 8.03. The van der Waals surface area contributed by atoms with E-state index in [0.29, 0.717) is 5.02 Å². The minimum absolute atomic E-state index is 0.0207. The molecule has 0 saturated heterocycles. The van der Waals surface area contributed by atoms with Gasteiger partial charge in [0.25, 0.3) is 0 Å². The third kappa shape index (κ3) is 8.91. The molecule has 2 nitrogen and oxygen atoms in total. The van der Waals surface area contributed by atoms with Crippen molar-refractivity contribution in [2.24, 2.45) is 0 Å². The van der Waals surface area contributed by atoms with Crippen LogP contribution < -0.4 is 4.90 Å². The van der Waals surface area contributed by atoms with Crippen LogP contribution in [0, 0.1) is 6.92 Å². The van der Waals surface area contributed by atoms with Crippen molar-refractivity contribution < 1.29 is 0 Å². The van der Waals surface area contributed by atoms with E-state index < -0.39 is 0 Å². The fourth-order valence-electron chi connectivity index (χ4n) is 8.54. The van der Waals surface area contributed by atoms with Crippen molar-refractivity contribution in [3.8, 4) is 28.1 Å². The summed E-state index contributed by atoms with van der Waals surface area (Å²) < 4.78 is 2.45. The van der Waals surface area contributed by atoms with Gasteiger partial charge in [-0.15, -0.1) is 0 Å². The van der Waals surface area contributed by atoms with Crippen LogP contribution in [-0.4, -0.2) is 4.57 Å². The average Bonchev–Trinajstić information content (AvgIpc) is 3.52. The van der Waals surface area contributed by atoms with Gasteiger partial charge in [-0.05, 0) is 127 Å². The summed E-state index contributed by atoms with van der Waals surface area (Å²) >= 11 is 8.03. The Morgan fingerprint density at radius 2 is 0.790 bits per heavy atom. The molecule has 3 heteroatoms. The number of halogens is 1. The van der Waals surface area contributed by atoms with E-state index in [1.165, 1.54) is 44.3 Å². The molecule has 62 heavy (non-hydrogen) atoms. The molecule has 0 fully saturated rings. The Bertz CT molecular complexity index is 2650. The summed E-state index contributed by atoms with van der Waals surface area (Å²) in [6, 6.07) is 48.1. The molecule has 0 radical (unpaired) electrons. The van der Waals surface area contributed by atoms with Gasteiger partial charge >= 0.3 is 0 Å². The largest absolute Gasteiger partial charge is 0.309 e. The molecule has 0 N–H and O–H groups in total. The summed E-state index contributed by atoms with van der Waals surface area (Å²) in [5, 5.41) is 1.90. The van der Waals surface area contributed by atoms with Gasteiger partial charge in [-0.2, -0.15) is 0 Å². The van der Waals surface area contributed by atoms with Crippen molar-refractivity contribution in [3.63, 3.8) is 0 Å². The lowest BCUT2D eigenvalue weighted by atomic mass is 9.84. The van der Waals surface area contributed by atoms with Gasteiger partial charge in [0.1, 0.15) is 0 Å². The SMILES string of the molecule is Cc1cc(N(c2ccc(C(C)(C)C)cc2)c2ccc(C(C)(C)C)cc2)c(Cl)c(-n2c(-c3ccc(C(C)(C)C)cc3)c(-c3ccc(C(C)(C)C)cc3)c3cc(C(C)(C)C)ccc32)c1. The second-order valence-electron chi connectivity index (χ2n) is 22.7. The normalized spacial score (nSPS) is 12.9. The molecule has 7 rings (SSSR count). The third-order valence-electron chi connectivity index (χ3n) is 12.5. The summed E-state index contributed by atoms with van der Waals surface area (Å²) in [7, 11) is 0. The van der Waals surface area contributed by atoms with Crippen molar-refractivity contribution in [2.45, 2.75) is 138 Å². The fourth-order valence-corrected chi connectivity index (χ4v) is 8.82. The highest BCUT2D eigenvalue weighted by molar-refractivity contribution is 6.35. The predicted molar refractivity (Wildman–Crippen MR) is 272 cm³/mol. The quantitative estimate of drug-likeness (QED) is 0.162. The zero-order valence-electron chi connectivity index (χ0n) is 40.4. The standard InChI is InChI=1S/C59H69ClN2/c1-38-35-50(61(46-30-25-43(26-31-46)57(8,9)10)47-32-27-44(28-33-47)58(11,12)13)53(60)51(36-38)62-49-34-29-45(59(14,15)16)37-48(49)52(39-17-21-41(22-18-39)55(2,3)4)54(62)40-19-23-42(24-20-40)56(5,6)7/h17-37H,1-16H3. The maximum absolute atomic E-state index is 8.03. The fraction of sp³-hybridized carbons (Fsp3) is 0.356. The Morgan fingerprint density at radius 1 is 0.419 bits per heavy atom. The molecule has 0 saturated carbocycles. The van der Waals surface area contributed by atoms with Crippen molar-refractivity contribution >= 4 is 39.6 Å². The number of anilines is 3. The predicted octanol–water partition coefficient (Wildman–Crippen LogP) is 17.9. The van der Waals surface area contributed by atoms with Gasteiger partial charge in [0, 0.05) is 22.3 Å². The van der Waals surface area contributed by atoms with Crippen LogP contribution in [0.5, 0.6) is 0 Å². The van der Waals surface area contributed by atoms with Gasteiger partial charge in [0.05, 0.1) is 27.6 Å². The number of nitrogens with zero attached hydrogens (tertiary/aromatic N) is 2. The van der Waals surface area contributed by atoms with E-state index in [0.717, 1.165) is 45.1 Å². The summed E-state index contributed by atoms with van der Waals surface area (Å²) in [5.74, 6) is 0. The van der Waals surface area contributed by atoms with Crippen LogP contribution >= 0.6 is 11.6 Å². The van der Waals surface area contributed by atoms with Crippen LogP contribution in [-0.2, 0) is 27.1 Å². The minimum Gasteiger partial charge on any atom is -0.309 e. The number of aryl methyl sites for hydroxylation is 1. The Kier molecular flexibility index (Phi) is 11.6. The van der Waals surface area contributed by atoms with Crippen LogP contribution in [0.15, 0.2) is 127 Å². The summed E-state index contributed by atoms with van der Waals surface area (Å²) in [4.78, 5) is 2.34. The molecule has 1 heterocycles. The lowest BCUT2D eigenvalue weighted by Crippen LogP contribution is -2.15. The molecule has 0 aliphatic rings. The van der Waals surface area contributed by atoms with E-state index in [2.05, 4.69) is 248 Å². The molecule has 6 aromatic carbocycles. The van der Waals surface area contributed by atoms with Gasteiger partial charge in [-0.3, -0.25) is 0 Å². The number of fused-ring (bicyclic) bond motifs is 1. The number of benzene rings is 6. The van der Waals surface area contributed by atoms with Crippen LogP contribution in [0.25, 0.3) is 39.0 Å². The van der Waals surface area contributed by atoms with Crippen molar-refractivity contribution in [1.82, 2.24) is 4.57 Å². The maximum Gasteiger partial charge on any atom is 0.0887 e. The average molecular weight is 842 g/mol. The molecule has 322 valence electrons. The van der Waals surface area contributed by atoms with Crippen molar-refractivity contribution in [1.29, 1.82) is 0 Å². The second kappa shape index (κ2) is 15.9. The van der Waals surface area contributed by atoms with E-state index >= 15 is 0 Å². The second-order valence-corrected chi connectivity index (χ2v) is 23.1. The van der Waals surface area contributed by atoms with Gasteiger partial charge < -0.3 is 9.47 Å². The molecule has 7 aromatic rings. The number of hydrogen-bond acceptors (Lipinski definition) is 1. The number of hydrogen-bond donors (Lipinski definition) is 0.